The van der Waals surface area contributed by atoms with E-state index < -0.39 is 11.9 Å². The Hall–Kier alpha value is -2.32. The first-order valence-electron chi connectivity index (χ1n) is 13.0. The summed E-state index contributed by atoms with van der Waals surface area (Å²) in [7, 11) is 0. The number of carbonyl (C=O) groups excluding carboxylic acids is 1. The molecule has 3 rings (SSSR count). The number of benzene rings is 1. The van der Waals surface area contributed by atoms with Crippen LogP contribution in [0.5, 0.6) is 11.5 Å². The van der Waals surface area contributed by atoms with Gasteiger partial charge < -0.3 is 14.6 Å². The number of hydroxylamine groups is 2. The van der Waals surface area contributed by atoms with Gasteiger partial charge in [0.2, 0.25) is 6.79 Å². The minimum absolute atomic E-state index is 0.0417. The molecular formula is C27H42N2O6. The molecule has 196 valence electrons. The van der Waals surface area contributed by atoms with Gasteiger partial charge in [-0.2, -0.15) is 0 Å². The van der Waals surface area contributed by atoms with Gasteiger partial charge in [-0.15, -0.1) is 0 Å². The van der Waals surface area contributed by atoms with Crippen molar-refractivity contribution in [2.24, 2.45) is 11.3 Å². The van der Waals surface area contributed by atoms with E-state index >= 15 is 0 Å². The van der Waals surface area contributed by atoms with Gasteiger partial charge in [0.15, 0.2) is 11.5 Å². The van der Waals surface area contributed by atoms with Crippen molar-refractivity contribution in [3.05, 3.63) is 23.8 Å². The average Bonchev–Trinajstić information content (AvgIpc) is 3.40. The highest BCUT2D eigenvalue weighted by Crippen LogP contribution is 2.45. The van der Waals surface area contributed by atoms with Crippen LogP contribution in [0.15, 0.2) is 18.2 Å². The third-order valence-electron chi connectivity index (χ3n) is 7.04. The van der Waals surface area contributed by atoms with Gasteiger partial charge in [0.25, 0.3) is 5.91 Å². The second-order valence-electron chi connectivity index (χ2n) is 10.5. The number of carbonyl (C=O) groups is 2. The largest absolute Gasteiger partial charge is 0.481 e. The van der Waals surface area contributed by atoms with Crippen LogP contribution in [0.1, 0.15) is 78.2 Å². The Labute approximate surface area is 209 Å². The molecule has 3 unspecified atom stereocenters. The topological polar surface area (TPSA) is 88.5 Å². The maximum absolute atomic E-state index is 13.3. The lowest BCUT2D eigenvalue weighted by Gasteiger charge is -2.35. The lowest BCUT2D eigenvalue weighted by atomic mass is 9.76. The van der Waals surface area contributed by atoms with Crippen molar-refractivity contribution in [1.29, 1.82) is 0 Å². The molecule has 0 saturated carbocycles. The normalized spacial score (nSPS) is 21.9. The number of aliphatic carboxylic acids is 1. The summed E-state index contributed by atoms with van der Waals surface area (Å²) in [5, 5.41) is 11.9. The fourth-order valence-corrected chi connectivity index (χ4v) is 5.49. The summed E-state index contributed by atoms with van der Waals surface area (Å²) in [4.78, 5) is 33.8. The zero-order valence-corrected chi connectivity index (χ0v) is 21.9. The van der Waals surface area contributed by atoms with E-state index in [1.165, 1.54) is 5.06 Å². The molecular weight excluding hydrogens is 448 g/mol. The van der Waals surface area contributed by atoms with Crippen molar-refractivity contribution < 1.29 is 29.0 Å². The lowest BCUT2D eigenvalue weighted by molar-refractivity contribution is -0.188. The monoisotopic (exact) mass is 490 g/mol. The Morgan fingerprint density at radius 3 is 2.54 bits per heavy atom. The number of likely N-dealkylation sites (tertiary alicyclic amines) is 1. The van der Waals surface area contributed by atoms with E-state index in [2.05, 4.69) is 25.7 Å². The van der Waals surface area contributed by atoms with Crippen LogP contribution in [-0.2, 0) is 14.4 Å². The molecule has 0 aromatic heterocycles. The Morgan fingerprint density at radius 1 is 1.14 bits per heavy atom. The van der Waals surface area contributed by atoms with Crippen molar-refractivity contribution in [3.63, 3.8) is 0 Å². The molecule has 0 spiro atoms. The Bertz CT molecular complexity index is 873. The van der Waals surface area contributed by atoms with Crippen molar-refractivity contribution in [2.45, 2.75) is 78.7 Å². The van der Waals surface area contributed by atoms with Crippen LogP contribution in [0.3, 0.4) is 0 Å². The van der Waals surface area contributed by atoms with Gasteiger partial charge in [-0.1, -0.05) is 47.1 Å². The molecule has 1 aromatic rings. The summed E-state index contributed by atoms with van der Waals surface area (Å²) in [6.45, 7) is 12.4. The molecule has 35 heavy (non-hydrogen) atoms. The maximum Gasteiger partial charge on any atom is 0.308 e. The summed E-state index contributed by atoms with van der Waals surface area (Å²) in [5.74, 6) is -0.508. The molecule has 2 aliphatic rings. The van der Waals surface area contributed by atoms with Gasteiger partial charge in [0.05, 0.1) is 19.1 Å². The maximum atomic E-state index is 13.3. The second kappa shape index (κ2) is 12.1. The van der Waals surface area contributed by atoms with Gasteiger partial charge in [-0.25, -0.2) is 5.06 Å². The molecule has 2 heterocycles. The number of nitrogens with zero attached hydrogens (tertiary/aromatic N) is 2. The molecule has 8 nitrogen and oxygen atoms in total. The van der Waals surface area contributed by atoms with Crippen LogP contribution in [0.2, 0.25) is 0 Å². The molecule has 1 saturated heterocycles. The number of amides is 1. The zero-order valence-electron chi connectivity index (χ0n) is 21.9. The smallest absolute Gasteiger partial charge is 0.308 e. The number of hydrogen-bond acceptors (Lipinski definition) is 6. The number of hydrogen-bond donors (Lipinski definition) is 1. The second-order valence-corrected chi connectivity index (χ2v) is 10.5. The van der Waals surface area contributed by atoms with Crippen LogP contribution < -0.4 is 9.47 Å². The van der Waals surface area contributed by atoms with Gasteiger partial charge >= 0.3 is 5.97 Å². The quantitative estimate of drug-likeness (QED) is 0.402. The SMILES string of the molecule is CCCON(CCC)C(=O)CN1CC(c2ccc3c(c2)OCO3)C(C(=O)O)C1CC(C)(C)CCC. The molecule has 1 N–H and O–H groups in total. The van der Waals surface area contributed by atoms with Crippen molar-refractivity contribution in [1.82, 2.24) is 9.96 Å². The van der Waals surface area contributed by atoms with Gasteiger partial charge in [-0.05, 0) is 48.8 Å². The number of ether oxygens (including phenoxy) is 2. The summed E-state index contributed by atoms with van der Waals surface area (Å²) >= 11 is 0. The Balaban J connectivity index is 1.91. The number of carboxylic acid groups (broad SMARTS) is 1. The average molecular weight is 491 g/mol. The fraction of sp³-hybridized carbons (Fsp3) is 0.704. The van der Waals surface area contributed by atoms with Crippen LogP contribution >= 0.6 is 0 Å². The highest BCUT2D eigenvalue weighted by Gasteiger charge is 2.49. The van der Waals surface area contributed by atoms with E-state index in [-0.39, 0.29) is 36.6 Å². The Morgan fingerprint density at radius 2 is 1.89 bits per heavy atom. The number of carboxylic acids is 1. The van der Waals surface area contributed by atoms with E-state index in [1.807, 2.05) is 32.0 Å². The molecule has 8 heteroatoms. The van der Waals surface area contributed by atoms with Crippen molar-refractivity contribution in [2.75, 3.05) is 33.0 Å². The van der Waals surface area contributed by atoms with Gasteiger partial charge in [0, 0.05) is 25.0 Å². The van der Waals surface area contributed by atoms with E-state index in [9.17, 15) is 14.7 Å². The van der Waals surface area contributed by atoms with Crippen LogP contribution in [-0.4, -0.2) is 66.0 Å². The number of fused-ring (bicyclic) bond motifs is 1. The summed E-state index contributed by atoms with van der Waals surface area (Å²) in [5.41, 5.74) is 0.863. The predicted octanol–water partition coefficient (Wildman–Crippen LogP) is 4.68. The third-order valence-corrected chi connectivity index (χ3v) is 7.04. The lowest BCUT2D eigenvalue weighted by Crippen LogP contribution is -2.45. The summed E-state index contributed by atoms with van der Waals surface area (Å²) < 4.78 is 11.0. The molecule has 0 aliphatic carbocycles. The standard InChI is InChI=1S/C27H42N2O6/c1-6-11-27(4,5)15-21-25(26(31)32)20(19-9-10-22-23(14-19)34-18-33-22)16-28(21)17-24(30)29(12-7-2)35-13-8-3/h9-10,14,20-21,25H,6-8,11-13,15-18H2,1-5H3,(H,31,32). The number of rotatable bonds is 13. The van der Waals surface area contributed by atoms with E-state index in [0.29, 0.717) is 37.6 Å². The third kappa shape index (κ3) is 6.67. The van der Waals surface area contributed by atoms with Crippen LogP contribution in [0.25, 0.3) is 0 Å². The molecule has 2 aliphatic heterocycles. The molecule has 0 bridgehead atoms. The van der Waals surface area contributed by atoms with Gasteiger partial charge in [0.1, 0.15) is 0 Å². The molecule has 3 atom stereocenters. The highest BCUT2D eigenvalue weighted by molar-refractivity contribution is 5.78. The molecule has 0 radical (unpaired) electrons. The fourth-order valence-electron chi connectivity index (χ4n) is 5.49. The first-order valence-corrected chi connectivity index (χ1v) is 13.0. The van der Waals surface area contributed by atoms with E-state index in [4.69, 9.17) is 14.3 Å². The van der Waals surface area contributed by atoms with E-state index in [1.54, 1.807) is 0 Å². The molecule has 1 fully saturated rings. The Kier molecular flexibility index (Phi) is 9.41. The van der Waals surface area contributed by atoms with Crippen LogP contribution in [0, 0.1) is 11.3 Å². The molecule has 1 amide bonds. The predicted molar refractivity (Wildman–Crippen MR) is 133 cm³/mol. The molecule has 1 aromatic carbocycles. The zero-order chi connectivity index (χ0) is 25.6. The summed E-state index contributed by atoms with van der Waals surface area (Å²) in [6, 6.07) is 5.42. The first kappa shape index (κ1) is 27.3. The van der Waals surface area contributed by atoms with Crippen LogP contribution in [0.4, 0.5) is 0 Å². The minimum Gasteiger partial charge on any atom is -0.481 e. The van der Waals surface area contributed by atoms with Crippen molar-refractivity contribution in [3.8, 4) is 11.5 Å². The highest BCUT2D eigenvalue weighted by atomic mass is 16.7. The van der Waals surface area contributed by atoms with E-state index in [0.717, 1.165) is 31.2 Å². The first-order chi connectivity index (χ1) is 16.7. The summed E-state index contributed by atoms with van der Waals surface area (Å²) in [6.07, 6.45) is 4.33. The van der Waals surface area contributed by atoms with Gasteiger partial charge in [-0.3, -0.25) is 19.3 Å². The van der Waals surface area contributed by atoms with Crippen molar-refractivity contribution >= 4 is 11.9 Å². The minimum atomic E-state index is -0.826.